The molecule has 0 radical (unpaired) electrons. The van der Waals surface area contributed by atoms with Crippen molar-refractivity contribution in [1.82, 2.24) is 10.2 Å². The fraction of sp³-hybridized carbons (Fsp3) is 0.250. The number of nitrogens with zero attached hydrogens (tertiary/aromatic N) is 2. The Morgan fingerprint density at radius 3 is 2.68 bits per heavy atom. The molecule has 0 saturated heterocycles. The molecule has 146 valence electrons. The van der Waals surface area contributed by atoms with Gasteiger partial charge in [0.2, 0.25) is 5.13 Å². The second-order valence-corrected chi connectivity index (χ2v) is 8.61. The molecule has 1 atom stereocenters. The standard InChI is InChI=1S/C20H20ClN3O2S2/c1-3-14-8-10-16(11-9-14)26-13(2)18(25)22-19-23-24-20(28-19)27-12-15-6-4-5-7-17(15)21/h4-11,13H,3,12H2,1-2H3,(H,22,23,25). The molecule has 1 aromatic heterocycles. The van der Waals surface area contributed by atoms with Crippen LogP contribution in [0.1, 0.15) is 25.0 Å². The van der Waals surface area contributed by atoms with E-state index in [4.69, 9.17) is 16.3 Å². The number of benzene rings is 2. The quantitative estimate of drug-likeness (QED) is 0.378. The van der Waals surface area contributed by atoms with Crippen LogP contribution in [0.25, 0.3) is 0 Å². The van der Waals surface area contributed by atoms with Gasteiger partial charge in [-0.1, -0.05) is 72.0 Å². The Morgan fingerprint density at radius 1 is 1.21 bits per heavy atom. The molecule has 1 amide bonds. The first-order chi connectivity index (χ1) is 13.5. The number of amides is 1. The van der Waals surface area contributed by atoms with Crippen molar-refractivity contribution in [1.29, 1.82) is 0 Å². The van der Waals surface area contributed by atoms with Crippen molar-refractivity contribution in [2.75, 3.05) is 5.32 Å². The SMILES string of the molecule is CCc1ccc(OC(C)C(=O)Nc2nnc(SCc3ccccc3Cl)s2)cc1. The first-order valence-corrected chi connectivity index (χ1v) is 11.0. The van der Waals surface area contributed by atoms with Gasteiger partial charge in [-0.25, -0.2) is 0 Å². The summed E-state index contributed by atoms with van der Waals surface area (Å²) in [5.41, 5.74) is 2.26. The number of nitrogens with one attached hydrogen (secondary N) is 1. The van der Waals surface area contributed by atoms with Gasteiger partial charge in [0, 0.05) is 10.8 Å². The molecule has 28 heavy (non-hydrogen) atoms. The van der Waals surface area contributed by atoms with Gasteiger partial charge in [0.05, 0.1) is 0 Å². The predicted octanol–water partition coefficient (Wildman–Crippen LogP) is 5.45. The number of hydrogen-bond donors (Lipinski definition) is 1. The first kappa shape index (κ1) is 20.6. The molecule has 1 unspecified atom stereocenters. The Bertz CT molecular complexity index is 931. The summed E-state index contributed by atoms with van der Waals surface area (Å²) in [6.45, 7) is 3.80. The first-order valence-electron chi connectivity index (χ1n) is 8.81. The number of rotatable bonds is 8. The Labute approximate surface area is 177 Å². The number of carbonyl (C=O) groups is 1. The molecule has 2 aromatic carbocycles. The van der Waals surface area contributed by atoms with E-state index in [1.807, 2.05) is 48.5 Å². The predicted molar refractivity (Wildman–Crippen MR) is 115 cm³/mol. The zero-order valence-corrected chi connectivity index (χ0v) is 17.9. The highest BCUT2D eigenvalue weighted by molar-refractivity contribution is 8.00. The van der Waals surface area contributed by atoms with Crippen LogP contribution in [0.3, 0.4) is 0 Å². The van der Waals surface area contributed by atoms with Gasteiger partial charge < -0.3 is 4.74 Å². The summed E-state index contributed by atoms with van der Waals surface area (Å²) in [6.07, 6.45) is 0.320. The lowest BCUT2D eigenvalue weighted by Gasteiger charge is -2.13. The maximum absolute atomic E-state index is 12.4. The van der Waals surface area contributed by atoms with Gasteiger partial charge in [0.1, 0.15) is 5.75 Å². The van der Waals surface area contributed by atoms with Crippen LogP contribution in [0, 0.1) is 0 Å². The molecule has 8 heteroatoms. The van der Waals surface area contributed by atoms with Crippen LogP contribution < -0.4 is 10.1 Å². The molecule has 5 nitrogen and oxygen atoms in total. The molecule has 0 aliphatic rings. The molecular formula is C20H20ClN3O2S2. The third-order valence-electron chi connectivity index (χ3n) is 3.96. The number of halogens is 1. The number of aromatic nitrogens is 2. The number of ether oxygens (including phenoxy) is 1. The fourth-order valence-corrected chi connectivity index (χ4v) is 4.38. The normalized spacial score (nSPS) is 11.8. The molecule has 0 fully saturated rings. The monoisotopic (exact) mass is 433 g/mol. The maximum atomic E-state index is 12.4. The number of aryl methyl sites for hydroxylation is 1. The Kier molecular flexibility index (Phi) is 7.30. The van der Waals surface area contributed by atoms with Crippen molar-refractivity contribution in [2.45, 2.75) is 36.5 Å². The van der Waals surface area contributed by atoms with E-state index in [0.29, 0.717) is 16.6 Å². The topological polar surface area (TPSA) is 64.1 Å². The van der Waals surface area contributed by atoms with Crippen LogP contribution in [0.5, 0.6) is 5.75 Å². The Morgan fingerprint density at radius 2 is 1.96 bits per heavy atom. The summed E-state index contributed by atoms with van der Waals surface area (Å²) in [7, 11) is 0. The molecular weight excluding hydrogens is 414 g/mol. The van der Waals surface area contributed by atoms with E-state index in [9.17, 15) is 4.79 Å². The molecule has 0 spiro atoms. The molecule has 3 aromatic rings. The van der Waals surface area contributed by atoms with E-state index in [-0.39, 0.29) is 5.91 Å². The van der Waals surface area contributed by atoms with Gasteiger partial charge in [-0.2, -0.15) is 0 Å². The van der Waals surface area contributed by atoms with Crippen molar-refractivity contribution in [3.63, 3.8) is 0 Å². The minimum absolute atomic E-state index is 0.265. The average molecular weight is 434 g/mol. The van der Waals surface area contributed by atoms with Gasteiger partial charge in [-0.3, -0.25) is 10.1 Å². The van der Waals surface area contributed by atoms with Crippen molar-refractivity contribution in [2.24, 2.45) is 0 Å². The lowest BCUT2D eigenvalue weighted by atomic mass is 10.2. The largest absolute Gasteiger partial charge is 0.481 e. The highest BCUT2D eigenvalue weighted by atomic mass is 35.5. The van der Waals surface area contributed by atoms with Gasteiger partial charge in [0.15, 0.2) is 10.4 Å². The minimum Gasteiger partial charge on any atom is -0.481 e. The van der Waals surface area contributed by atoms with Crippen LogP contribution in [-0.2, 0) is 17.0 Å². The fourth-order valence-electron chi connectivity index (χ4n) is 2.34. The highest BCUT2D eigenvalue weighted by Gasteiger charge is 2.17. The zero-order chi connectivity index (χ0) is 19.9. The van der Waals surface area contributed by atoms with Gasteiger partial charge in [0.25, 0.3) is 5.91 Å². The van der Waals surface area contributed by atoms with E-state index in [1.165, 1.54) is 28.7 Å². The second kappa shape index (κ2) is 9.91. The second-order valence-electron chi connectivity index (χ2n) is 6.00. The third-order valence-corrected chi connectivity index (χ3v) is 6.35. The lowest BCUT2D eigenvalue weighted by Crippen LogP contribution is -2.30. The molecule has 0 aliphatic carbocycles. The smallest absolute Gasteiger partial charge is 0.266 e. The number of carbonyl (C=O) groups excluding carboxylic acids is 1. The summed E-state index contributed by atoms with van der Waals surface area (Å²) < 4.78 is 6.46. The van der Waals surface area contributed by atoms with E-state index in [1.54, 1.807) is 6.92 Å². The van der Waals surface area contributed by atoms with Crippen molar-refractivity contribution in [3.8, 4) is 5.75 Å². The maximum Gasteiger partial charge on any atom is 0.266 e. The Hall–Kier alpha value is -2.09. The molecule has 0 bridgehead atoms. The number of thioether (sulfide) groups is 1. The van der Waals surface area contributed by atoms with Crippen LogP contribution in [0.2, 0.25) is 5.02 Å². The highest BCUT2D eigenvalue weighted by Crippen LogP contribution is 2.30. The van der Waals surface area contributed by atoms with Crippen molar-refractivity contribution >= 4 is 45.7 Å². The van der Waals surface area contributed by atoms with Crippen LogP contribution in [0.4, 0.5) is 5.13 Å². The number of anilines is 1. The van der Waals surface area contributed by atoms with Gasteiger partial charge >= 0.3 is 0 Å². The van der Waals surface area contributed by atoms with Gasteiger partial charge in [-0.05, 0) is 42.7 Å². The van der Waals surface area contributed by atoms with E-state index < -0.39 is 6.10 Å². The zero-order valence-electron chi connectivity index (χ0n) is 15.5. The minimum atomic E-state index is -0.643. The molecule has 3 rings (SSSR count). The van der Waals surface area contributed by atoms with Gasteiger partial charge in [-0.15, -0.1) is 10.2 Å². The summed E-state index contributed by atoms with van der Waals surface area (Å²) in [5.74, 6) is 1.08. The van der Waals surface area contributed by atoms with E-state index in [0.717, 1.165) is 21.3 Å². The molecule has 1 N–H and O–H groups in total. The van der Waals surface area contributed by atoms with Crippen LogP contribution in [-0.4, -0.2) is 22.2 Å². The lowest BCUT2D eigenvalue weighted by molar-refractivity contribution is -0.122. The summed E-state index contributed by atoms with van der Waals surface area (Å²) in [4.78, 5) is 12.4. The molecule has 0 saturated carbocycles. The summed E-state index contributed by atoms with van der Waals surface area (Å²) in [6, 6.07) is 15.4. The molecule has 0 aliphatic heterocycles. The van der Waals surface area contributed by atoms with E-state index in [2.05, 4.69) is 22.4 Å². The average Bonchev–Trinajstić information content (AvgIpc) is 3.15. The van der Waals surface area contributed by atoms with Crippen molar-refractivity contribution in [3.05, 3.63) is 64.7 Å². The van der Waals surface area contributed by atoms with E-state index >= 15 is 0 Å². The Balaban J connectivity index is 1.52. The summed E-state index contributed by atoms with van der Waals surface area (Å²) in [5, 5.41) is 12.1. The summed E-state index contributed by atoms with van der Waals surface area (Å²) >= 11 is 9.02. The number of hydrogen-bond acceptors (Lipinski definition) is 6. The van der Waals surface area contributed by atoms with Crippen LogP contribution in [0.15, 0.2) is 52.9 Å². The molecule has 1 heterocycles. The van der Waals surface area contributed by atoms with Crippen molar-refractivity contribution < 1.29 is 9.53 Å². The third kappa shape index (κ3) is 5.70. The van der Waals surface area contributed by atoms with Crippen LogP contribution >= 0.6 is 34.7 Å².